The van der Waals surface area contributed by atoms with Gasteiger partial charge in [-0.1, -0.05) is 13.0 Å². The van der Waals surface area contributed by atoms with E-state index >= 15 is 0 Å². The van der Waals surface area contributed by atoms with Gasteiger partial charge in [-0.2, -0.15) is 0 Å². The molecular weight excluding hydrogens is 122 g/mol. The Hall–Kier alpha value is -0.780. The normalized spacial score (nSPS) is 14.3. The van der Waals surface area contributed by atoms with Crippen molar-refractivity contribution in [1.29, 1.82) is 0 Å². The first-order valence-corrected chi connectivity index (χ1v) is 3.63. The van der Waals surface area contributed by atoms with Crippen LogP contribution in [0.25, 0.3) is 0 Å². The molecule has 0 bridgehead atoms. The van der Waals surface area contributed by atoms with Gasteiger partial charge < -0.3 is 5.32 Å². The van der Waals surface area contributed by atoms with E-state index in [1.165, 1.54) is 0 Å². The minimum absolute atomic E-state index is 1.04. The van der Waals surface area contributed by atoms with Crippen LogP contribution in [-0.4, -0.2) is 6.54 Å². The molecule has 1 heteroatoms. The number of hydrogen-bond donors (Lipinski definition) is 1. The molecule has 0 aromatic carbocycles. The third kappa shape index (κ3) is 2.22. The van der Waals surface area contributed by atoms with Crippen molar-refractivity contribution in [3.63, 3.8) is 0 Å². The number of allylic oxidation sites excluding steroid dienone is 1. The molecule has 1 radical (unpaired) electrons. The molecule has 0 spiro atoms. The Bertz CT molecular complexity index is 183. The Morgan fingerprint density at radius 2 is 2.60 bits per heavy atom. The molecule has 1 rings (SSSR count). The highest BCUT2D eigenvalue weighted by Crippen LogP contribution is 2.02. The standard InChI is InChI=1S/C9H12N/c1-2-7-10-8-9-5-3-4-6-9/h3-5,8,10H,2,7H2,1H3. The maximum absolute atomic E-state index is 3.18. The van der Waals surface area contributed by atoms with Crippen molar-refractivity contribution in [2.75, 3.05) is 6.54 Å². The summed E-state index contributed by atoms with van der Waals surface area (Å²) in [5.74, 6) is 0. The van der Waals surface area contributed by atoms with Crippen LogP contribution in [0.15, 0.2) is 29.5 Å². The molecule has 0 unspecified atom stereocenters. The van der Waals surface area contributed by atoms with Crippen molar-refractivity contribution in [3.05, 3.63) is 36.1 Å². The number of rotatable bonds is 4. The van der Waals surface area contributed by atoms with Gasteiger partial charge in [-0.3, -0.25) is 0 Å². The minimum atomic E-state index is 1.04. The molecule has 0 atom stereocenters. The minimum Gasteiger partial charge on any atom is -0.308 e. The van der Waals surface area contributed by atoms with Gasteiger partial charge in [0.1, 0.15) is 0 Å². The summed E-state index contributed by atoms with van der Waals surface area (Å²) in [5, 5.41) is 3.18. The zero-order chi connectivity index (χ0) is 7.23. The van der Waals surface area contributed by atoms with E-state index in [0.29, 0.717) is 0 Å². The summed E-state index contributed by atoms with van der Waals surface area (Å²) in [6, 6.07) is 0. The first kappa shape index (κ1) is 7.33. The molecule has 53 valence electrons. The summed E-state index contributed by atoms with van der Waals surface area (Å²) >= 11 is 0. The molecule has 0 aromatic rings. The third-order valence-corrected chi connectivity index (χ3v) is 1.27. The zero-order valence-electron chi connectivity index (χ0n) is 6.22. The summed E-state index contributed by atoms with van der Waals surface area (Å²) in [7, 11) is 0. The average molecular weight is 134 g/mol. The second kappa shape index (κ2) is 4.10. The van der Waals surface area contributed by atoms with E-state index in [9.17, 15) is 0 Å². The van der Waals surface area contributed by atoms with Gasteiger partial charge in [0.25, 0.3) is 0 Å². The quantitative estimate of drug-likeness (QED) is 0.456. The van der Waals surface area contributed by atoms with Crippen molar-refractivity contribution < 1.29 is 0 Å². The lowest BCUT2D eigenvalue weighted by molar-refractivity contribution is 0.775. The summed E-state index contributed by atoms with van der Waals surface area (Å²) < 4.78 is 0. The van der Waals surface area contributed by atoms with E-state index in [2.05, 4.69) is 18.0 Å². The Kier molecular flexibility index (Phi) is 3.01. The van der Waals surface area contributed by atoms with Crippen molar-refractivity contribution >= 4 is 0 Å². The Morgan fingerprint density at radius 1 is 1.70 bits per heavy atom. The molecule has 0 heterocycles. The summed E-state index contributed by atoms with van der Waals surface area (Å²) in [6.45, 7) is 5.18. The Balaban J connectivity index is 2.15. The first-order valence-electron chi connectivity index (χ1n) is 3.63. The molecular formula is C9H12N. The number of hydrogen-bond acceptors (Lipinski definition) is 1. The van der Waals surface area contributed by atoms with Gasteiger partial charge >= 0.3 is 0 Å². The van der Waals surface area contributed by atoms with Crippen LogP contribution in [0.4, 0.5) is 0 Å². The van der Waals surface area contributed by atoms with Gasteiger partial charge in [0.15, 0.2) is 0 Å². The molecule has 0 aromatic heterocycles. The van der Waals surface area contributed by atoms with Crippen molar-refractivity contribution in [2.24, 2.45) is 0 Å². The lowest BCUT2D eigenvalue weighted by Crippen LogP contribution is -2.10. The second-order valence-electron chi connectivity index (χ2n) is 2.22. The molecule has 0 saturated heterocycles. The fourth-order valence-electron chi connectivity index (χ4n) is 0.760. The van der Waals surface area contributed by atoms with E-state index in [1.54, 1.807) is 0 Å². The highest BCUT2D eigenvalue weighted by atomic mass is 14.8. The van der Waals surface area contributed by atoms with Gasteiger partial charge in [-0.05, 0) is 25.1 Å². The van der Waals surface area contributed by atoms with E-state index in [1.807, 2.05) is 24.8 Å². The van der Waals surface area contributed by atoms with Crippen LogP contribution in [0, 0.1) is 6.54 Å². The van der Waals surface area contributed by atoms with Crippen LogP contribution >= 0.6 is 0 Å². The topological polar surface area (TPSA) is 12.0 Å². The molecule has 0 saturated carbocycles. The van der Waals surface area contributed by atoms with Gasteiger partial charge in [0.05, 0.1) is 6.54 Å². The summed E-state index contributed by atoms with van der Waals surface area (Å²) in [5.41, 5.74) is 4.21. The smallest absolute Gasteiger partial charge is 0.0598 e. The molecule has 1 aliphatic carbocycles. The predicted molar refractivity (Wildman–Crippen MR) is 43.3 cm³/mol. The molecule has 1 nitrogen and oxygen atoms in total. The Morgan fingerprint density at radius 3 is 3.20 bits per heavy atom. The van der Waals surface area contributed by atoms with Crippen LogP contribution in [0.5, 0.6) is 0 Å². The second-order valence-corrected chi connectivity index (χ2v) is 2.22. The SMILES string of the molecule is CCCN[CH]C1=C=CC=C1. The van der Waals surface area contributed by atoms with Gasteiger partial charge in [0, 0.05) is 5.57 Å². The van der Waals surface area contributed by atoms with E-state index in [0.717, 1.165) is 18.5 Å². The van der Waals surface area contributed by atoms with Gasteiger partial charge in [0.2, 0.25) is 0 Å². The van der Waals surface area contributed by atoms with Gasteiger partial charge in [-0.15, -0.1) is 5.73 Å². The molecule has 0 fully saturated rings. The maximum Gasteiger partial charge on any atom is 0.0598 e. The van der Waals surface area contributed by atoms with Crippen molar-refractivity contribution in [2.45, 2.75) is 13.3 Å². The molecule has 0 amide bonds. The summed E-state index contributed by atoms with van der Waals surface area (Å²) in [6.07, 6.45) is 7.10. The van der Waals surface area contributed by atoms with Crippen LogP contribution in [0.3, 0.4) is 0 Å². The molecule has 10 heavy (non-hydrogen) atoms. The van der Waals surface area contributed by atoms with Crippen LogP contribution in [0.2, 0.25) is 0 Å². The third-order valence-electron chi connectivity index (χ3n) is 1.27. The first-order chi connectivity index (χ1) is 4.93. The van der Waals surface area contributed by atoms with Gasteiger partial charge in [-0.25, -0.2) is 0 Å². The molecule has 1 N–H and O–H groups in total. The van der Waals surface area contributed by atoms with Crippen LogP contribution < -0.4 is 5.32 Å². The highest BCUT2D eigenvalue weighted by molar-refractivity contribution is 5.33. The summed E-state index contributed by atoms with van der Waals surface area (Å²) in [4.78, 5) is 0. The largest absolute Gasteiger partial charge is 0.308 e. The van der Waals surface area contributed by atoms with Crippen LogP contribution in [0.1, 0.15) is 13.3 Å². The Labute approximate surface area is 62.1 Å². The lowest BCUT2D eigenvalue weighted by Gasteiger charge is -1.98. The van der Waals surface area contributed by atoms with Crippen molar-refractivity contribution in [1.82, 2.24) is 5.32 Å². The maximum atomic E-state index is 3.18. The van der Waals surface area contributed by atoms with Crippen molar-refractivity contribution in [3.8, 4) is 0 Å². The van der Waals surface area contributed by atoms with Crippen LogP contribution in [-0.2, 0) is 0 Å². The average Bonchev–Trinajstić information content (AvgIpc) is 2.41. The monoisotopic (exact) mass is 134 g/mol. The molecule has 1 aliphatic rings. The zero-order valence-corrected chi connectivity index (χ0v) is 6.22. The van der Waals surface area contributed by atoms with E-state index < -0.39 is 0 Å². The number of nitrogens with one attached hydrogen (secondary N) is 1. The fraction of sp³-hybridized carbons (Fsp3) is 0.333. The van der Waals surface area contributed by atoms with E-state index in [-0.39, 0.29) is 0 Å². The highest BCUT2D eigenvalue weighted by Gasteiger charge is 1.92. The fourth-order valence-corrected chi connectivity index (χ4v) is 0.760. The molecule has 0 aliphatic heterocycles. The lowest BCUT2D eigenvalue weighted by atomic mass is 10.3. The predicted octanol–water partition coefficient (Wildman–Crippen LogP) is 1.80. The van der Waals surface area contributed by atoms with E-state index in [4.69, 9.17) is 0 Å².